The second kappa shape index (κ2) is 5.66. The number of amides is 1. The van der Waals surface area contributed by atoms with Gasteiger partial charge in [-0.15, -0.1) is 0 Å². The number of nitrogens with two attached hydrogens (primary N) is 1. The van der Waals surface area contributed by atoms with E-state index in [1.807, 2.05) is 0 Å². The summed E-state index contributed by atoms with van der Waals surface area (Å²) < 4.78 is 0.856. The number of anilines is 2. The van der Waals surface area contributed by atoms with Crippen molar-refractivity contribution in [2.75, 3.05) is 11.1 Å². The van der Waals surface area contributed by atoms with Gasteiger partial charge in [-0.2, -0.15) is 0 Å². The van der Waals surface area contributed by atoms with Crippen molar-refractivity contribution in [1.29, 1.82) is 0 Å². The van der Waals surface area contributed by atoms with Gasteiger partial charge < -0.3 is 11.1 Å². The minimum Gasteiger partial charge on any atom is -0.384 e. The summed E-state index contributed by atoms with van der Waals surface area (Å²) in [6.07, 6.45) is 0.964. The summed E-state index contributed by atoms with van der Waals surface area (Å²) in [7, 11) is 0. The molecule has 0 radical (unpaired) electrons. The molecule has 0 aliphatic rings. The quantitative estimate of drug-likeness (QED) is 0.660. The smallest absolute Gasteiger partial charge is 0.300 e. The second-order valence-electron chi connectivity index (χ2n) is 3.84. The maximum atomic E-state index is 12.1. The van der Waals surface area contributed by atoms with Crippen molar-refractivity contribution in [1.82, 2.24) is 4.98 Å². The maximum absolute atomic E-state index is 12.1. The molecule has 1 amide bonds. The largest absolute Gasteiger partial charge is 0.384 e. The Morgan fingerprint density at radius 2 is 2.00 bits per heavy atom. The molecule has 8 heteroatoms. The SMILES string of the molecule is Nc1cc(C(=O)Nc2ccc(Br)cc2)c([N+](=O)[O-])cn1. The van der Waals surface area contributed by atoms with Crippen LogP contribution >= 0.6 is 15.9 Å². The molecule has 0 spiro atoms. The molecule has 7 nitrogen and oxygen atoms in total. The summed E-state index contributed by atoms with van der Waals surface area (Å²) >= 11 is 3.27. The normalized spacial score (nSPS) is 10.1. The fourth-order valence-electron chi connectivity index (χ4n) is 1.52. The van der Waals surface area contributed by atoms with Gasteiger partial charge in [-0.3, -0.25) is 14.9 Å². The van der Waals surface area contributed by atoms with Gasteiger partial charge in [0.2, 0.25) is 0 Å². The first-order valence-corrected chi connectivity index (χ1v) is 6.23. The fourth-order valence-corrected chi connectivity index (χ4v) is 1.79. The van der Waals surface area contributed by atoms with Crippen LogP contribution in [0.25, 0.3) is 0 Å². The summed E-state index contributed by atoms with van der Waals surface area (Å²) in [5.74, 6) is -0.579. The highest BCUT2D eigenvalue weighted by Crippen LogP contribution is 2.21. The highest BCUT2D eigenvalue weighted by Gasteiger charge is 2.21. The van der Waals surface area contributed by atoms with Crippen LogP contribution in [0.3, 0.4) is 0 Å². The van der Waals surface area contributed by atoms with Gasteiger partial charge in [0.1, 0.15) is 17.6 Å². The Bertz CT molecular complexity index is 673. The van der Waals surface area contributed by atoms with Crippen molar-refractivity contribution in [2.45, 2.75) is 0 Å². The molecule has 1 aromatic carbocycles. The van der Waals surface area contributed by atoms with E-state index in [-0.39, 0.29) is 11.4 Å². The average molecular weight is 337 g/mol. The Morgan fingerprint density at radius 1 is 1.35 bits per heavy atom. The van der Waals surface area contributed by atoms with E-state index in [0.29, 0.717) is 5.69 Å². The minimum atomic E-state index is -0.678. The predicted octanol–water partition coefficient (Wildman–Crippen LogP) is 2.59. The van der Waals surface area contributed by atoms with Crippen molar-refractivity contribution in [3.63, 3.8) is 0 Å². The first kappa shape index (κ1) is 13.9. The molecule has 102 valence electrons. The van der Waals surface area contributed by atoms with E-state index in [9.17, 15) is 14.9 Å². The molecule has 0 unspecified atom stereocenters. The van der Waals surface area contributed by atoms with Gasteiger partial charge >= 0.3 is 0 Å². The average Bonchev–Trinajstić information content (AvgIpc) is 2.41. The molecule has 0 atom stereocenters. The van der Waals surface area contributed by atoms with E-state index in [0.717, 1.165) is 10.7 Å². The van der Waals surface area contributed by atoms with E-state index in [2.05, 4.69) is 26.2 Å². The van der Waals surface area contributed by atoms with Gasteiger partial charge in [-0.1, -0.05) is 15.9 Å². The van der Waals surface area contributed by atoms with Crippen LogP contribution in [0.2, 0.25) is 0 Å². The Morgan fingerprint density at radius 3 is 2.60 bits per heavy atom. The third kappa shape index (κ3) is 3.09. The Kier molecular flexibility index (Phi) is 3.94. The molecule has 1 heterocycles. The summed E-state index contributed by atoms with van der Waals surface area (Å²) in [6.45, 7) is 0. The zero-order valence-corrected chi connectivity index (χ0v) is 11.6. The lowest BCUT2D eigenvalue weighted by molar-refractivity contribution is -0.385. The zero-order valence-electron chi connectivity index (χ0n) is 10.0. The van der Waals surface area contributed by atoms with Crippen LogP contribution in [-0.4, -0.2) is 15.8 Å². The van der Waals surface area contributed by atoms with Crippen LogP contribution in [0.5, 0.6) is 0 Å². The lowest BCUT2D eigenvalue weighted by atomic mass is 10.2. The van der Waals surface area contributed by atoms with Gasteiger partial charge in [0.15, 0.2) is 0 Å². The molecule has 0 saturated carbocycles. The second-order valence-corrected chi connectivity index (χ2v) is 4.76. The number of nitrogen functional groups attached to an aromatic ring is 1. The Labute approximate surface area is 122 Å². The van der Waals surface area contributed by atoms with E-state index in [1.54, 1.807) is 24.3 Å². The van der Waals surface area contributed by atoms with Gasteiger partial charge in [-0.05, 0) is 30.3 Å². The number of nitrogens with one attached hydrogen (secondary N) is 1. The number of nitro groups is 1. The summed E-state index contributed by atoms with van der Waals surface area (Å²) in [6, 6.07) is 7.99. The maximum Gasteiger partial charge on any atom is 0.300 e. The molecule has 1 aromatic heterocycles. The molecule has 3 N–H and O–H groups in total. The van der Waals surface area contributed by atoms with Gasteiger partial charge in [0.25, 0.3) is 11.6 Å². The number of nitrogens with zero attached hydrogens (tertiary/aromatic N) is 2. The number of hydrogen-bond acceptors (Lipinski definition) is 5. The Balaban J connectivity index is 2.31. The molecule has 0 bridgehead atoms. The topological polar surface area (TPSA) is 111 Å². The van der Waals surface area contributed by atoms with Gasteiger partial charge in [-0.25, -0.2) is 4.98 Å². The number of rotatable bonds is 3. The molecule has 0 fully saturated rings. The van der Waals surface area contributed by atoms with E-state index in [4.69, 9.17) is 5.73 Å². The highest BCUT2D eigenvalue weighted by molar-refractivity contribution is 9.10. The number of aromatic nitrogens is 1. The number of benzene rings is 1. The third-order valence-corrected chi connectivity index (χ3v) is 2.98. The summed E-state index contributed by atoms with van der Waals surface area (Å²) in [4.78, 5) is 25.9. The van der Waals surface area contributed by atoms with Crippen molar-refractivity contribution < 1.29 is 9.72 Å². The summed E-state index contributed by atoms with van der Waals surface area (Å²) in [5.41, 5.74) is 5.45. The molecule has 2 aromatic rings. The molecule has 0 saturated heterocycles. The van der Waals surface area contributed by atoms with Gasteiger partial charge in [0.05, 0.1) is 4.92 Å². The van der Waals surface area contributed by atoms with Crippen LogP contribution < -0.4 is 11.1 Å². The number of halogens is 1. The van der Waals surface area contributed by atoms with Crippen molar-refractivity contribution in [3.8, 4) is 0 Å². The van der Waals surface area contributed by atoms with Crippen LogP contribution in [0, 0.1) is 10.1 Å². The lowest BCUT2D eigenvalue weighted by Crippen LogP contribution is -2.14. The van der Waals surface area contributed by atoms with E-state index < -0.39 is 16.5 Å². The van der Waals surface area contributed by atoms with Crippen molar-refractivity contribution in [3.05, 3.63) is 56.7 Å². The molecule has 0 aliphatic heterocycles. The van der Waals surface area contributed by atoms with Crippen molar-refractivity contribution >= 4 is 39.0 Å². The molecule has 0 aliphatic carbocycles. The van der Waals surface area contributed by atoms with Crippen molar-refractivity contribution in [2.24, 2.45) is 0 Å². The standard InChI is InChI=1S/C12H9BrN4O3/c13-7-1-3-8(4-2-7)16-12(18)9-5-11(14)15-6-10(9)17(19)20/h1-6H,(H2,14,15)(H,16,18). The van der Waals surface area contributed by atoms with E-state index >= 15 is 0 Å². The number of pyridine rings is 1. The van der Waals surface area contributed by atoms with Crippen LogP contribution in [0.15, 0.2) is 41.0 Å². The fraction of sp³-hybridized carbons (Fsp3) is 0. The molecule has 20 heavy (non-hydrogen) atoms. The third-order valence-electron chi connectivity index (χ3n) is 2.45. The summed E-state index contributed by atoms with van der Waals surface area (Å²) in [5, 5.41) is 13.4. The first-order chi connectivity index (χ1) is 9.47. The van der Waals surface area contributed by atoms with Crippen LogP contribution in [0.4, 0.5) is 17.2 Å². The molecular weight excluding hydrogens is 328 g/mol. The van der Waals surface area contributed by atoms with E-state index in [1.165, 1.54) is 6.07 Å². The Hall–Kier alpha value is -2.48. The number of carbonyl (C=O) groups is 1. The van der Waals surface area contributed by atoms with Gasteiger partial charge in [0, 0.05) is 10.2 Å². The minimum absolute atomic E-state index is 0.0385. The molecular formula is C12H9BrN4O3. The number of hydrogen-bond donors (Lipinski definition) is 2. The highest BCUT2D eigenvalue weighted by atomic mass is 79.9. The number of carbonyl (C=O) groups excluding carboxylic acids is 1. The lowest BCUT2D eigenvalue weighted by Gasteiger charge is -2.06. The molecule has 2 rings (SSSR count). The van der Waals surface area contributed by atoms with Crippen LogP contribution in [-0.2, 0) is 0 Å². The first-order valence-electron chi connectivity index (χ1n) is 5.44. The monoisotopic (exact) mass is 336 g/mol. The zero-order chi connectivity index (χ0) is 14.7. The predicted molar refractivity (Wildman–Crippen MR) is 77.4 cm³/mol. The van der Waals surface area contributed by atoms with Crippen LogP contribution in [0.1, 0.15) is 10.4 Å².